The maximum Gasteiger partial charge on any atom is 0.302 e. The highest BCUT2D eigenvalue weighted by Gasteiger charge is 2.16. The van der Waals surface area contributed by atoms with Gasteiger partial charge in [-0.1, -0.05) is 0 Å². The molecule has 0 radical (unpaired) electrons. The van der Waals surface area contributed by atoms with E-state index >= 15 is 0 Å². The number of aromatic nitrogens is 5. The van der Waals surface area contributed by atoms with Gasteiger partial charge in [0.25, 0.3) is 5.91 Å². The first-order valence-corrected chi connectivity index (χ1v) is 7.94. The average molecular weight is 362 g/mol. The second kappa shape index (κ2) is 7.08. The Morgan fingerprint density at radius 2 is 2.07 bits per heavy atom. The number of amides is 1. The largest absolute Gasteiger partial charge is 0.497 e. The molecule has 1 amide bonds. The quantitative estimate of drug-likeness (QED) is 0.581. The predicted molar refractivity (Wildman–Crippen MR) is 95.6 cm³/mol. The summed E-state index contributed by atoms with van der Waals surface area (Å²) in [5.41, 5.74) is 2.12. The Kier molecular flexibility index (Phi) is 4.32. The summed E-state index contributed by atoms with van der Waals surface area (Å²) in [6.45, 7) is 0. The summed E-state index contributed by atoms with van der Waals surface area (Å²) in [6, 6.07) is 6.95. The molecule has 0 aliphatic rings. The monoisotopic (exact) mass is 362 g/mol. The zero-order valence-corrected chi connectivity index (χ0v) is 14.2. The number of carbonyl (C=O) groups is 1. The van der Waals surface area contributed by atoms with Gasteiger partial charge in [0.05, 0.1) is 30.9 Å². The fourth-order valence-electron chi connectivity index (χ4n) is 2.49. The smallest absolute Gasteiger partial charge is 0.302 e. The van der Waals surface area contributed by atoms with Crippen LogP contribution in [0.3, 0.4) is 0 Å². The van der Waals surface area contributed by atoms with Gasteiger partial charge in [0, 0.05) is 18.5 Å². The minimum absolute atomic E-state index is 0.0664. The fraction of sp³-hybridized carbons (Fsp3) is 0.0556. The van der Waals surface area contributed by atoms with Crippen LogP contribution in [0.4, 0.5) is 6.01 Å². The molecule has 0 saturated heterocycles. The van der Waals surface area contributed by atoms with Gasteiger partial charge in [-0.25, -0.2) is 9.97 Å². The van der Waals surface area contributed by atoms with Crippen molar-refractivity contribution in [1.29, 1.82) is 0 Å². The van der Waals surface area contributed by atoms with Crippen LogP contribution in [0.15, 0.2) is 66.1 Å². The summed E-state index contributed by atoms with van der Waals surface area (Å²) in [4.78, 5) is 29.0. The van der Waals surface area contributed by atoms with Gasteiger partial charge in [-0.15, -0.1) is 0 Å². The summed E-state index contributed by atoms with van der Waals surface area (Å²) >= 11 is 0. The molecule has 9 heteroatoms. The molecule has 0 bridgehead atoms. The molecular weight excluding hydrogens is 348 g/mol. The van der Waals surface area contributed by atoms with Gasteiger partial charge >= 0.3 is 6.01 Å². The first-order chi connectivity index (χ1) is 13.2. The van der Waals surface area contributed by atoms with Crippen molar-refractivity contribution < 1.29 is 13.9 Å². The van der Waals surface area contributed by atoms with Crippen LogP contribution in [0.2, 0.25) is 0 Å². The number of oxazole rings is 1. The molecule has 0 aromatic carbocycles. The molecule has 4 aromatic rings. The third kappa shape index (κ3) is 3.38. The van der Waals surface area contributed by atoms with Crippen LogP contribution in [0.25, 0.3) is 17.1 Å². The Hall–Kier alpha value is -4.01. The summed E-state index contributed by atoms with van der Waals surface area (Å²) in [7, 11) is 1.57. The van der Waals surface area contributed by atoms with Crippen molar-refractivity contribution in [3.8, 4) is 22.8 Å². The maximum atomic E-state index is 12.6. The van der Waals surface area contributed by atoms with Crippen LogP contribution in [-0.4, -0.2) is 37.5 Å². The van der Waals surface area contributed by atoms with Crippen LogP contribution in [0.5, 0.6) is 5.75 Å². The van der Waals surface area contributed by atoms with Gasteiger partial charge in [0.1, 0.15) is 29.7 Å². The first-order valence-electron chi connectivity index (χ1n) is 7.94. The molecule has 4 heterocycles. The Labute approximate surface area is 153 Å². The van der Waals surface area contributed by atoms with E-state index in [2.05, 4.69) is 25.3 Å². The molecule has 0 atom stereocenters. The highest BCUT2D eigenvalue weighted by Crippen LogP contribution is 2.22. The molecule has 9 nitrogen and oxygen atoms in total. The van der Waals surface area contributed by atoms with E-state index in [-0.39, 0.29) is 11.9 Å². The summed E-state index contributed by atoms with van der Waals surface area (Å²) in [5.74, 6) is 0.271. The molecule has 4 rings (SSSR count). The lowest BCUT2D eigenvalue weighted by Crippen LogP contribution is -2.16. The standard InChI is InChI=1S/C18H14N6O3/c1-26-13-4-5-21-14(7-13)15-10-27-18(22-15)23-17(25)16-3-2-6-24(16)12-8-19-11-20-9-12/h2-11H,1H3,(H,22,23,25). The van der Waals surface area contributed by atoms with Crippen molar-refractivity contribution in [1.82, 2.24) is 24.5 Å². The van der Waals surface area contributed by atoms with Crippen LogP contribution in [-0.2, 0) is 0 Å². The van der Waals surface area contributed by atoms with E-state index < -0.39 is 0 Å². The SMILES string of the molecule is COc1ccnc(-c2coc(NC(=O)c3cccn3-c3cncnc3)n2)c1. The maximum absolute atomic E-state index is 12.6. The number of pyridine rings is 1. The number of carbonyl (C=O) groups excluding carboxylic acids is 1. The van der Waals surface area contributed by atoms with Crippen molar-refractivity contribution >= 4 is 11.9 Å². The second-order valence-electron chi connectivity index (χ2n) is 5.43. The zero-order valence-electron chi connectivity index (χ0n) is 14.2. The number of hydrogen-bond donors (Lipinski definition) is 1. The predicted octanol–water partition coefficient (Wildman–Crippen LogP) is 2.58. The van der Waals surface area contributed by atoms with Crippen LogP contribution in [0, 0.1) is 0 Å². The van der Waals surface area contributed by atoms with Gasteiger partial charge < -0.3 is 13.7 Å². The van der Waals surface area contributed by atoms with Crippen LogP contribution >= 0.6 is 0 Å². The van der Waals surface area contributed by atoms with Crippen LogP contribution in [0.1, 0.15) is 10.5 Å². The molecule has 0 fully saturated rings. The van der Waals surface area contributed by atoms with Gasteiger partial charge in [-0.05, 0) is 18.2 Å². The van der Waals surface area contributed by atoms with Crippen molar-refractivity contribution in [2.75, 3.05) is 12.4 Å². The minimum Gasteiger partial charge on any atom is -0.497 e. The second-order valence-corrected chi connectivity index (χ2v) is 5.43. The molecule has 0 aliphatic heterocycles. The zero-order chi connectivity index (χ0) is 18.6. The molecule has 0 unspecified atom stereocenters. The molecular formula is C18H14N6O3. The van der Waals surface area contributed by atoms with Gasteiger partial charge in [0.2, 0.25) is 0 Å². The van der Waals surface area contributed by atoms with Gasteiger partial charge in [-0.3, -0.25) is 15.1 Å². The number of anilines is 1. The molecule has 27 heavy (non-hydrogen) atoms. The Morgan fingerprint density at radius 1 is 1.22 bits per heavy atom. The Bertz CT molecular complexity index is 1070. The van der Waals surface area contributed by atoms with E-state index in [9.17, 15) is 4.79 Å². The van der Waals surface area contributed by atoms with E-state index in [4.69, 9.17) is 9.15 Å². The summed E-state index contributed by atoms with van der Waals surface area (Å²) < 4.78 is 12.2. The van der Waals surface area contributed by atoms with Gasteiger partial charge in [0.15, 0.2) is 0 Å². The Balaban J connectivity index is 1.55. The summed E-state index contributed by atoms with van der Waals surface area (Å²) in [6.07, 6.45) is 9.42. The lowest BCUT2D eigenvalue weighted by atomic mass is 10.3. The number of ether oxygens (including phenoxy) is 1. The molecule has 1 N–H and O–H groups in total. The van der Waals surface area contributed by atoms with Crippen molar-refractivity contribution in [3.63, 3.8) is 0 Å². The Morgan fingerprint density at radius 3 is 2.89 bits per heavy atom. The number of hydrogen-bond acceptors (Lipinski definition) is 7. The topological polar surface area (TPSA) is 108 Å². The highest BCUT2D eigenvalue weighted by molar-refractivity contribution is 6.02. The van der Waals surface area contributed by atoms with Crippen LogP contribution < -0.4 is 10.1 Å². The number of methoxy groups -OCH3 is 1. The van der Waals surface area contributed by atoms with Gasteiger partial charge in [-0.2, -0.15) is 4.98 Å². The molecule has 0 saturated carbocycles. The lowest BCUT2D eigenvalue weighted by Gasteiger charge is -2.07. The van der Waals surface area contributed by atoms with E-state index in [0.717, 1.165) is 0 Å². The first kappa shape index (κ1) is 16.5. The van der Waals surface area contributed by atoms with Crippen molar-refractivity contribution in [2.24, 2.45) is 0 Å². The number of rotatable bonds is 5. The van der Waals surface area contributed by atoms with Crippen molar-refractivity contribution in [2.45, 2.75) is 0 Å². The van der Waals surface area contributed by atoms with E-state index in [1.165, 1.54) is 12.6 Å². The fourth-order valence-corrected chi connectivity index (χ4v) is 2.49. The minimum atomic E-state index is -0.379. The average Bonchev–Trinajstić information content (AvgIpc) is 3.38. The third-order valence-electron chi connectivity index (χ3n) is 3.76. The molecule has 0 spiro atoms. The van der Waals surface area contributed by atoms with E-state index in [1.807, 2.05) is 0 Å². The number of nitrogens with zero attached hydrogens (tertiary/aromatic N) is 5. The van der Waals surface area contributed by atoms with Crippen molar-refractivity contribution in [3.05, 3.63) is 67.3 Å². The van der Waals surface area contributed by atoms with E-state index in [1.54, 1.807) is 60.7 Å². The normalized spacial score (nSPS) is 10.6. The van der Waals surface area contributed by atoms with E-state index in [0.29, 0.717) is 28.5 Å². The molecule has 0 aliphatic carbocycles. The third-order valence-corrected chi connectivity index (χ3v) is 3.76. The molecule has 4 aromatic heterocycles. The lowest BCUT2D eigenvalue weighted by molar-refractivity contribution is 0.101. The highest BCUT2D eigenvalue weighted by atomic mass is 16.5. The number of nitrogens with one attached hydrogen (secondary N) is 1. The molecule has 134 valence electrons. The summed E-state index contributed by atoms with van der Waals surface area (Å²) in [5, 5.41) is 2.64.